The number of rotatable bonds is 6. The van der Waals surface area contributed by atoms with Crippen LogP contribution in [0.15, 0.2) is 24.3 Å². The van der Waals surface area contributed by atoms with E-state index in [0.29, 0.717) is 10.1 Å². The second kappa shape index (κ2) is 7.03. The number of carbonyl (C=O) groups excluding carboxylic acids is 1. The highest BCUT2D eigenvalue weighted by atomic mass is 32.1. The van der Waals surface area contributed by atoms with Crippen LogP contribution in [0.4, 0.5) is 16.5 Å². The first kappa shape index (κ1) is 15.2. The van der Waals surface area contributed by atoms with Gasteiger partial charge in [0.15, 0.2) is 0 Å². The van der Waals surface area contributed by atoms with Gasteiger partial charge in [0.1, 0.15) is 0 Å². The third-order valence-corrected chi connectivity index (χ3v) is 3.66. The molecule has 1 aromatic heterocycles. The van der Waals surface area contributed by atoms with Crippen LogP contribution in [0.3, 0.4) is 0 Å². The fraction of sp³-hybridized carbons (Fsp3) is 0.357. The van der Waals surface area contributed by atoms with Crippen LogP contribution in [0.2, 0.25) is 0 Å². The zero-order valence-corrected chi connectivity index (χ0v) is 13.2. The van der Waals surface area contributed by atoms with E-state index in [0.717, 1.165) is 24.3 Å². The molecule has 6 nitrogen and oxygen atoms in total. The Morgan fingerprint density at radius 1 is 1.29 bits per heavy atom. The molecule has 0 aliphatic heterocycles. The molecule has 2 N–H and O–H groups in total. The minimum Gasteiger partial charge on any atom is -0.376 e. The summed E-state index contributed by atoms with van der Waals surface area (Å²) in [7, 11) is 3.87. The Balaban J connectivity index is 2.09. The Labute approximate surface area is 128 Å². The van der Waals surface area contributed by atoms with E-state index >= 15 is 0 Å². The third-order valence-electron chi connectivity index (χ3n) is 2.78. The SMILES string of the molecule is CCCNc1nnc(C(=O)Nc2ccccc2N(C)C)s1. The summed E-state index contributed by atoms with van der Waals surface area (Å²) in [5, 5.41) is 14.9. The van der Waals surface area contributed by atoms with E-state index in [1.54, 1.807) is 0 Å². The highest BCUT2D eigenvalue weighted by Crippen LogP contribution is 2.25. The first-order valence-electron chi connectivity index (χ1n) is 6.77. The highest BCUT2D eigenvalue weighted by Gasteiger charge is 2.14. The predicted octanol–water partition coefficient (Wildman–Crippen LogP) is 2.68. The van der Waals surface area contributed by atoms with Crippen LogP contribution < -0.4 is 15.5 Å². The van der Waals surface area contributed by atoms with Crippen molar-refractivity contribution in [2.24, 2.45) is 0 Å². The maximum absolute atomic E-state index is 12.2. The van der Waals surface area contributed by atoms with Crippen molar-refractivity contribution in [1.82, 2.24) is 10.2 Å². The molecular formula is C14H19N5OS. The smallest absolute Gasteiger partial charge is 0.286 e. The number of para-hydroxylation sites is 2. The molecule has 0 bridgehead atoms. The standard InChI is InChI=1S/C14H19N5OS/c1-4-9-15-14-18-17-13(21-14)12(20)16-10-7-5-6-8-11(10)19(2)3/h5-8H,4,9H2,1-3H3,(H,15,18)(H,16,20). The number of nitrogens with one attached hydrogen (secondary N) is 2. The van der Waals surface area contributed by atoms with Gasteiger partial charge in [-0.15, -0.1) is 10.2 Å². The Bertz CT molecular complexity index is 611. The molecule has 0 unspecified atom stereocenters. The average molecular weight is 305 g/mol. The van der Waals surface area contributed by atoms with Crippen LogP contribution in [-0.2, 0) is 0 Å². The zero-order valence-electron chi connectivity index (χ0n) is 12.4. The Morgan fingerprint density at radius 2 is 2.05 bits per heavy atom. The van der Waals surface area contributed by atoms with Crippen LogP contribution >= 0.6 is 11.3 Å². The van der Waals surface area contributed by atoms with Gasteiger partial charge < -0.3 is 15.5 Å². The fourth-order valence-corrected chi connectivity index (χ4v) is 2.43. The molecule has 112 valence electrons. The van der Waals surface area contributed by atoms with E-state index in [1.807, 2.05) is 43.3 Å². The lowest BCUT2D eigenvalue weighted by molar-refractivity contribution is 0.102. The number of hydrogen-bond acceptors (Lipinski definition) is 6. The van der Waals surface area contributed by atoms with E-state index in [4.69, 9.17) is 0 Å². The van der Waals surface area contributed by atoms with Gasteiger partial charge in [0.25, 0.3) is 5.91 Å². The lowest BCUT2D eigenvalue weighted by Gasteiger charge is -2.17. The molecule has 1 heterocycles. The summed E-state index contributed by atoms with van der Waals surface area (Å²) < 4.78 is 0. The molecule has 0 atom stereocenters. The van der Waals surface area contributed by atoms with Gasteiger partial charge in [-0.3, -0.25) is 4.79 Å². The summed E-state index contributed by atoms with van der Waals surface area (Å²) in [6.45, 7) is 2.89. The van der Waals surface area contributed by atoms with Crippen molar-refractivity contribution in [2.45, 2.75) is 13.3 Å². The van der Waals surface area contributed by atoms with Gasteiger partial charge in [-0.2, -0.15) is 0 Å². The first-order valence-corrected chi connectivity index (χ1v) is 7.58. The normalized spacial score (nSPS) is 10.2. The molecule has 1 aromatic carbocycles. The summed E-state index contributed by atoms with van der Waals surface area (Å²) in [5.74, 6) is -0.244. The fourth-order valence-electron chi connectivity index (χ4n) is 1.76. The topological polar surface area (TPSA) is 70.1 Å². The maximum Gasteiger partial charge on any atom is 0.286 e. The molecule has 0 saturated carbocycles. The molecule has 2 rings (SSSR count). The molecule has 0 aliphatic rings. The average Bonchev–Trinajstić information content (AvgIpc) is 2.94. The Kier molecular flexibility index (Phi) is 5.10. The lowest BCUT2D eigenvalue weighted by Crippen LogP contribution is -2.16. The molecule has 2 aromatic rings. The molecule has 0 fully saturated rings. The van der Waals surface area contributed by atoms with Crippen molar-refractivity contribution in [3.8, 4) is 0 Å². The number of benzene rings is 1. The van der Waals surface area contributed by atoms with E-state index in [-0.39, 0.29) is 5.91 Å². The van der Waals surface area contributed by atoms with Gasteiger partial charge in [0, 0.05) is 20.6 Å². The molecule has 0 radical (unpaired) electrons. The zero-order chi connectivity index (χ0) is 15.2. The number of anilines is 3. The van der Waals surface area contributed by atoms with Crippen LogP contribution in [-0.4, -0.2) is 36.7 Å². The first-order chi connectivity index (χ1) is 10.1. The second-order valence-electron chi connectivity index (χ2n) is 4.70. The Hall–Kier alpha value is -2.15. The third kappa shape index (κ3) is 3.91. The lowest BCUT2D eigenvalue weighted by atomic mass is 10.2. The quantitative estimate of drug-likeness (QED) is 0.858. The van der Waals surface area contributed by atoms with Gasteiger partial charge in [-0.25, -0.2) is 0 Å². The van der Waals surface area contributed by atoms with Crippen molar-refractivity contribution in [1.29, 1.82) is 0 Å². The van der Waals surface area contributed by atoms with Gasteiger partial charge in [0.2, 0.25) is 10.1 Å². The summed E-state index contributed by atoms with van der Waals surface area (Å²) in [5.41, 5.74) is 1.70. The predicted molar refractivity (Wildman–Crippen MR) is 87.4 cm³/mol. The highest BCUT2D eigenvalue weighted by molar-refractivity contribution is 7.17. The molecule has 0 spiro atoms. The number of hydrogen-bond donors (Lipinski definition) is 2. The van der Waals surface area contributed by atoms with Gasteiger partial charge >= 0.3 is 0 Å². The maximum atomic E-state index is 12.2. The Morgan fingerprint density at radius 3 is 2.76 bits per heavy atom. The summed E-state index contributed by atoms with van der Waals surface area (Å²) in [6.07, 6.45) is 0.997. The summed E-state index contributed by atoms with van der Waals surface area (Å²) in [4.78, 5) is 14.2. The molecular weight excluding hydrogens is 286 g/mol. The minimum atomic E-state index is -0.244. The van der Waals surface area contributed by atoms with Crippen molar-refractivity contribution in [2.75, 3.05) is 36.2 Å². The van der Waals surface area contributed by atoms with Crippen molar-refractivity contribution in [3.63, 3.8) is 0 Å². The molecule has 1 amide bonds. The van der Waals surface area contributed by atoms with Crippen LogP contribution in [0.5, 0.6) is 0 Å². The monoisotopic (exact) mass is 305 g/mol. The molecule has 0 saturated heterocycles. The van der Waals surface area contributed by atoms with Crippen LogP contribution in [0, 0.1) is 0 Å². The van der Waals surface area contributed by atoms with E-state index in [2.05, 4.69) is 27.8 Å². The summed E-state index contributed by atoms with van der Waals surface area (Å²) in [6, 6.07) is 7.63. The minimum absolute atomic E-state index is 0.244. The molecule has 0 aliphatic carbocycles. The number of aromatic nitrogens is 2. The van der Waals surface area contributed by atoms with E-state index in [1.165, 1.54) is 11.3 Å². The second-order valence-corrected chi connectivity index (χ2v) is 5.68. The number of nitrogens with zero attached hydrogens (tertiary/aromatic N) is 3. The van der Waals surface area contributed by atoms with Crippen molar-refractivity contribution >= 4 is 33.8 Å². The van der Waals surface area contributed by atoms with Crippen LogP contribution in [0.25, 0.3) is 0 Å². The molecule has 7 heteroatoms. The number of amides is 1. The summed E-state index contributed by atoms with van der Waals surface area (Å²) >= 11 is 1.26. The largest absolute Gasteiger partial charge is 0.376 e. The van der Waals surface area contributed by atoms with Crippen LogP contribution in [0.1, 0.15) is 23.1 Å². The van der Waals surface area contributed by atoms with Crippen molar-refractivity contribution < 1.29 is 4.79 Å². The van der Waals surface area contributed by atoms with Crippen molar-refractivity contribution in [3.05, 3.63) is 29.3 Å². The molecule has 21 heavy (non-hydrogen) atoms. The van der Waals surface area contributed by atoms with Gasteiger partial charge in [-0.05, 0) is 18.6 Å². The van der Waals surface area contributed by atoms with Gasteiger partial charge in [-0.1, -0.05) is 30.4 Å². The van der Waals surface area contributed by atoms with Gasteiger partial charge in [0.05, 0.1) is 11.4 Å². The van der Waals surface area contributed by atoms with E-state index < -0.39 is 0 Å². The number of carbonyl (C=O) groups is 1. The van der Waals surface area contributed by atoms with E-state index in [9.17, 15) is 4.79 Å².